The molecule has 0 bridgehead atoms. The maximum absolute atomic E-state index is 12.9. The molecule has 0 spiro atoms. The van der Waals surface area contributed by atoms with Gasteiger partial charge in [-0.3, -0.25) is 9.78 Å². The molecule has 7 heteroatoms. The van der Waals surface area contributed by atoms with Crippen molar-refractivity contribution < 1.29 is 9.59 Å². The van der Waals surface area contributed by atoms with E-state index in [1.165, 1.54) is 0 Å². The molecule has 0 aliphatic carbocycles. The first-order valence-electron chi connectivity index (χ1n) is 8.84. The van der Waals surface area contributed by atoms with Gasteiger partial charge in [0.15, 0.2) is 0 Å². The predicted molar refractivity (Wildman–Crippen MR) is 104 cm³/mol. The van der Waals surface area contributed by atoms with Gasteiger partial charge in [0.25, 0.3) is 5.91 Å². The second-order valence-corrected chi connectivity index (χ2v) is 6.87. The number of hydrogen-bond donors (Lipinski definition) is 2. The van der Waals surface area contributed by atoms with Gasteiger partial charge < -0.3 is 20.1 Å². The Morgan fingerprint density at radius 1 is 1.22 bits per heavy atom. The van der Waals surface area contributed by atoms with E-state index in [4.69, 9.17) is 0 Å². The summed E-state index contributed by atoms with van der Waals surface area (Å²) in [6, 6.07) is 7.66. The molecular formula is C20H21N5O2. The van der Waals surface area contributed by atoms with Crippen LogP contribution in [0, 0.1) is 0 Å². The van der Waals surface area contributed by atoms with Gasteiger partial charge in [0.1, 0.15) is 0 Å². The molecule has 1 aromatic carbocycles. The second-order valence-electron chi connectivity index (χ2n) is 6.87. The number of carbonyl (C=O) groups excluding carboxylic acids is 2. The molecule has 138 valence electrons. The van der Waals surface area contributed by atoms with Gasteiger partial charge in [0, 0.05) is 56.7 Å². The van der Waals surface area contributed by atoms with Crippen molar-refractivity contribution >= 4 is 28.5 Å². The van der Waals surface area contributed by atoms with Crippen LogP contribution >= 0.6 is 0 Å². The fourth-order valence-electron chi connectivity index (χ4n) is 3.52. The molecule has 0 fully saturated rings. The van der Waals surface area contributed by atoms with Crippen molar-refractivity contribution in [2.75, 3.05) is 26.0 Å². The van der Waals surface area contributed by atoms with Crippen LogP contribution in [0.2, 0.25) is 0 Å². The molecule has 4 rings (SSSR count). The van der Waals surface area contributed by atoms with E-state index in [2.05, 4.69) is 15.3 Å². The Balaban J connectivity index is 1.60. The molecule has 0 atom stereocenters. The number of anilines is 1. The summed E-state index contributed by atoms with van der Waals surface area (Å²) >= 11 is 0. The number of rotatable bonds is 2. The van der Waals surface area contributed by atoms with E-state index < -0.39 is 0 Å². The Hall–Kier alpha value is -3.35. The van der Waals surface area contributed by atoms with Crippen LogP contribution in [-0.4, -0.2) is 52.3 Å². The quantitative estimate of drug-likeness (QED) is 0.735. The van der Waals surface area contributed by atoms with Crippen molar-refractivity contribution in [3.63, 3.8) is 0 Å². The third-order valence-electron chi connectivity index (χ3n) is 4.88. The first-order valence-corrected chi connectivity index (χ1v) is 8.84. The number of urea groups is 1. The number of pyridine rings is 1. The van der Waals surface area contributed by atoms with Gasteiger partial charge in [0.2, 0.25) is 0 Å². The summed E-state index contributed by atoms with van der Waals surface area (Å²) in [7, 11) is 3.48. The Labute approximate surface area is 157 Å². The zero-order valence-corrected chi connectivity index (χ0v) is 15.3. The summed E-state index contributed by atoms with van der Waals surface area (Å²) in [5.74, 6) is -0.180. The molecule has 0 radical (unpaired) electrons. The van der Waals surface area contributed by atoms with Crippen LogP contribution in [0.3, 0.4) is 0 Å². The minimum atomic E-state index is -0.180. The molecule has 1 aliphatic rings. The van der Waals surface area contributed by atoms with Crippen molar-refractivity contribution in [1.82, 2.24) is 19.8 Å². The van der Waals surface area contributed by atoms with Crippen molar-refractivity contribution in [3.05, 3.63) is 59.5 Å². The van der Waals surface area contributed by atoms with Crippen LogP contribution < -0.4 is 5.32 Å². The number of benzene rings is 1. The molecular weight excluding hydrogens is 342 g/mol. The minimum absolute atomic E-state index is 0.0327. The van der Waals surface area contributed by atoms with E-state index in [-0.39, 0.29) is 11.9 Å². The van der Waals surface area contributed by atoms with E-state index in [9.17, 15) is 9.59 Å². The summed E-state index contributed by atoms with van der Waals surface area (Å²) in [5, 5.41) is 3.97. The maximum Gasteiger partial charge on any atom is 0.319 e. The van der Waals surface area contributed by atoms with Crippen LogP contribution in [0.1, 0.15) is 21.5 Å². The Bertz CT molecular complexity index is 1020. The van der Waals surface area contributed by atoms with E-state index >= 15 is 0 Å². The monoisotopic (exact) mass is 363 g/mol. The molecule has 7 nitrogen and oxygen atoms in total. The number of fused-ring (bicyclic) bond motifs is 2. The minimum Gasteiger partial charge on any atom is -0.361 e. The van der Waals surface area contributed by atoms with E-state index in [0.717, 1.165) is 27.7 Å². The van der Waals surface area contributed by atoms with Crippen LogP contribution in [0.4, 0.5) is 10.5 Å². The molecule has 1 aliphatic heterocycles. The highest BCUT2D eigenvalue weighted by Crippen LogP contribution is 2.26. The molecule has 2 aromatic heterocycles. The molecule has 0 unspecified atom stereocenters. The van der Waals surface area contributed by atoms with Gasteiger partial charge >= 0.3 is 6.03 Å². The first-order chi connectivity index (χ1) is 13.0. The number of hydrogen-bond acceptors (Lipinski definition) is 3. The molecule has 2 N–H and O–H groups in total. The highest BCUT2D eigenvalue weighted by molar-refractivity contribution is 6.09. The highest BCUT2D eigenvalue weighted by Gasteiger charge is 2.25. The summed E-state index contributed by atoms with van der Waals surface area (Å²) in [6.45, 7) is 1.05. The largest absolute Gasteiger partial charge is 0.361 e. The summed E-state index contributed by atoms with van der Waals surface area (Å²) in [5.41, 5.74) is 4.18. The maximum atomic E-state index is 12.9. The first kappa shape index (κ1) is 17.1. The molecule has 3 aromatic rings. The second kappa shape index (κ2) is 6.75. The van der Waals surface area contributed by atoms with E-state index in [0.29, 0.717) is 25.1 Å². The van der Waals surface area contributed by atoms with Gasteiger partial charge in [-0.25, -0.2) is 4.79 Å². The fraction of sp³-hybridized carbons (Fsp3) is 0.250. The van der Waals surface area contributed by atoms with Crippen molar-refractivity contribution in [1.29, 1.82) is 0 Å². The van der Waals surface area contributed by atoms with Crippen molar-refractivity contribution in [2.45, 2.75) is 13.0 Å². The lowest BCUT2D eigenvalue weighted by Gasteiger charge is -2.31. The number of H-pyrrole nitrogens is 1. The average molecular weight is 363 g/mol. The highest BCUT2D eigenvalue weighted by atomic mass is 16.2. The topological polar surface area (TPSA) is 81.3 Å². The zero-order chi connectivity index (χ0) is 19.0. The van der Waals surface area contributed by atoms with Gasteiger partial charge in [-0.1, -0.05) is 6.07 Å². The van der Waals surface area contributed by atoms with Crippen molar-refractivity contribution in [3.8, 4) is 0 Å². The summed E-state index contributed by atoms with van der Waals surface area (Å²) < 4.78 is 0. The third-order valence-corrected chi connectivity index (χ3v) is 4.88. The van der Waals surface area contributed by atoms with Crippen LogP contribution in [0.25, 0.3) is 10.9 Å². The Morgan fingerprint density at radius 3 is 2.89 bits per heavy atom. The molecule has 27 heavy (non-hydrogen) atoms. The third kappa shape index (κ3) is 3.12. The molecule has 0 saturated heterocycles. The lowest BCUT2D eigenvalue weighted by Crippen LogP contribution is -2.42. The molecule has 0 saturated carbocycles. The van der Waals surface area contributed by atoms with Crippen LogP contribution in [0.15, 0.2) is 42.9 Å². The van der Waals surface area contributed by atoms with Crippen molar-refractivity contribution in [2.24, 2.45) is 0 Å². The standard InChI is InChI=1S/C20H21N5O2/c1-24(2)20(27)25-9-7-14-13(12-25)10-21-11-16(14)19(26)23-18-5-3-4-17-15(18)6-8-22-17/h3-6,8,10-11,22H,7,9,12H2,1-2H3,(H,23,26). The average Bonchev–Trinajstić information content (AvgIpc) is 3.16. The summed E-state index contributed by atoms with van der Waals surface area (Å²) in [4.78, 5) is 35.8. The Kier molecular flexibility index (Phi) is 4.27. The van der Waals surface area contributed by atoms with Crippen LogP contribution in [-0.2, 0) is 13.0 Å². The van der Waals surface area contributed by atoms with Gasteiger partial charge in [-0.05, 0) is 35.7 Å². The smallest absolute Gasteiger partial charge is 0.319 e. The number of nitrogens with one attached hydrogen (secondary N) is 2. The normalized spacial score (nSPS) is 13.3. The van der Waals surface area contributed by atoms with Gasteiger partial charge in [-0.2, -0.15) is 0 Å². The SMILES string of the molecule is CN(C)C(=O)N1CCc2c(cncc2C(=O)Nc2cccc3[nH]ccc23)C1. The number of carbonyl (C=O) groups is 2. The zero-order valence-electron chi connectivity index (χ0n) is 15.3. The van der Waals surface area contributed by atoms with Gasteiger partial charge in [0.05, 0.1) is 11.3 Å². The molecule has 3 heterocycles. The summed E-state index contributed by atoms with van der Waals surface area (Å²) in [6.07, 6.45) is 5.83. The molecule has 3 amide bonds. The lowest BCUT2D eigenvalue weighted by molar-refractivity contribution is 0.102. The number of nitrogens with zero attached hydrogens (tertiary/aromatic N) is 3. The number of amides is 3. The lowest BCUT2D eigenvalue weighted by atomic mass is 9.96. The van der Waals surface area contributed by atoms with Gasteiger partial charge in [-0.15, -0.1) is 0 Å². The Morgan fingerprint density at radius 2 is 2.07 bits per heavy atom. The predicted octanol–water partition coefficient (Wildman–Crippen LogP) is 2.85. The number of aromatic nitrogens is 2. The van der Waals surface area contributed by atoms with E-state index in [1.807, 2.05) is 30.5 Å². The number of aromatic amines is 1. The fourth-order valence-corrected chi connectivity index (χ4v) is 3.52. The van der Waals surface area contributed by atoms with E-state index in [1.54, 1.807) is 36.3 Å². The van der Waals surface area contributed by atoms with Crippen LogP contribution in [0.5, 0.6) is 0 Å².